The van der Waals surface area contributed by atoms with Crippen LogP contribution in [0.2, 0.25) is 0 Å². The molecule has 3 rings (SSSR count). The first-order chi connectivity index (χ1) is 10.8. The Kier molecular flexibility index (Phi) is 3.94. The second-order valence-electron chi connectivity index (χ2n) is 6.49. The number of rotatable bonds is 3. The molecule has 1 aliphatic rings. The van der Waals surface area contributed by atoms with Crippen LogP contribution in [0.4, 0.5) is 13.2 Å². The molecule has 23 heavy (non-hydrogen) atoms. The molecule has 0 aromatic carbocycles. The summed E-state index contributed by atoms with van der Waals surface area (Å²) in [5, 5.41) is 0. The highest BCUT2D eigenvalue weighted by Crippen LogP contribution is 2.37. The molecule has 0 atom stereocenters. The Morgan fingerprint density at radius 2 is 1.96 bits per heavy atom. The molecule has 2 aromatic rings. The third kappa shape index (κ3) is 2.99. The number of imidazole rings is 1. The third-order valence-electron chi connectivity index (χ3n) is 4.43. The lowest BCUT2D eigenvalue weighted by molar-refractivity contribution is -0.138. The maximum absolute atomic E-state index is 13.1. The highest BCUT2D eigenvalue weighted by molar-refractivity contribution is 5.59. The highest BCUT2D eigenvalue weighted by atomic mass is 19.4. The summed E-state index contributed by atoms with van der Waals surface area (Å²) in [6.07, 6.45) is 2.36. The van der Waals surface area contributed by atoms with Crippen LogP contribution in [-0.4, -0.2) is 14.5 Å². The van der Waals surface area contributed by atoms with E-state index in [0.29, 0.717) is 17.3 Å². The summed E-state index contributed by atoms with van der Waals surface area (Å²) in [7, 11) is 0. The van der Waals surface area contributed by atoms with Gasteiger partial charge < -0.3 is 4.57 Å². The fourth-order valence-corrected chi connectivity index (χ4v) is 2.89. The van der Waals surface area contributed by atoms with E-state index in [0.717, 1.165) is 24.7 Å². The third-order valence-corrected chi connectivity index (χ3v) is 4.43. The summed E-state index contributed by atoms with van der Waals surface area (Å²) in [4.78, 5) is 8.51. The van der Waals surface area contributed by atoms with Gasteiger partial charge in [-0.15, -0.1) is 0 Å². The number of hydrogen-bond acceptors (Lipinski definition) is 2. The van der Waals surface area contributed by atoms with E-state index >= 15 is 0 Å². The molecule has 1 aliphatic carbocycles. The lowest BCUT2D eigenvalue weighted by Gasteiger charge is -2.29. The second-order valence-corrected chi connectivity index (χ2v) is 6.49. The molecule has 3 nitrogen and oxygen atoms in total. The van der Waals surface area contributed by atoms with Gasteiger partial charge in [0.25, 0.3) is 0 Å². The Hall–Kier alpha value is -1.85. The number of pyridine rings is 1. The molecule has 1 saturated carbocycles. The topological polar surface area (TPSA) is 30.7 Å². The molecular weight excluding hydrogens is 303 g/mol. The van der Waals surface area contributed by atoms with Gasteiger partial charge in [0, 0.05) is 35.6 Å². The van der Waals surface area contributed by atoms with Gasteiger partial charge in [0.2, 0.25) is 0 Å². The molecule has 0 unspecified atom stereocenters. The number of nitrogens with zero attached hydrogens (tertiary/aromatic N) is 3. The molecular formula is C17H20F3N3. The van der Waals surface area contributed by atoms with Gasteiger partial charge >= 0.3 is 6.18 Å². The largest absolute Gasteiger partial charge is 0.418 e. The van der Waals surface area contributed by atoms with Crippen molar-refractivity contribution in [1.29, 1.82) is 0 Å². The molecule has 124 valence electrons. The van der Waals surface area contributed by atoms with Crippen molar-refractivity contribution >= 4 is 0 Å². The molecule has 0 amide bonds. The first kappa shape index (κ1) is 16.0. The van der Waals surface area contributed by atoms with E-state index in [4.69, 9.17) is 0 Å². The number of aryl methyl sites for hydroxylation is 1. The maximum Gasteiger partial charge on any atom is 0.418 e. The molecule has 0 aliphatic heterocycles. The minimum Gasteiger partial charge on any atom is -0.331 e. The summed E-state index contributed by atoms with van der Waals surface area (Å²) < 4.78 is 41.4. The molecule has 0 radical (unpaired) electrons. The maximum atomic E-state index is 13.1. The summed E-state index contributed by atoms with van der Waals surface area (Å²) in [5.41, 5.74) is 0.282. The predicted molar refractivity (Wildman–Crippen MR) is 82.2 cm³/mol. The van der Waals surface area contributed by atoms with Crippen molar-refractivity contribution in [3.63, 3.8) is 0 Å². The monoisotopic (exact) mass is 323 g/mol. The lowest BCUT2D eigenvalue weighted by atomic mass is 9.92. The first-order valence-corrected chi connectivity index (χ1v) is 7.90. The van der Waals surface area contributed by atoms with Crippen LogP contribution >= 0.6 is 0 Å². The van der Waals surface area contributed by atoms with Crippen molar-refractivity contribution in [1.82, 2.24) is 14.5 Å². The van der Waals surface area contributed by atoms with E-state index in [9.17, 15) is 13.2 Å². The van der Waals surface area contributed by atoms with Crippen molar-refractivity contribution in [2.24, 2.45) is 0 Å². The van der Waals surface area contributed by atoms with Crippen LogP contribution in [-0.2, 0) is 6.18 Å². The van der Waals surface area contributed by atoms with Crippen LogP contribution in [0.5, 0.6) is 0 Å². The molecule has 0 N–H and O–H groups in total. The Bertz CT molecular complexity index is 712. The van der Waals surface area contributed by atoms with Crippen LogP contribution in [0, 0.1) is 6.92 Å². The van der Waals surface area contributed by atoms with Gasteiger partial charge in [-0.05, 0) is 32.3 Å². The second kappa shape index (κ2) is 5.65. The van der Waals surface area contributed by atoms with E-state index in [2.05, 4.69) is 28.4 Å². The van der Waals surface area contributed by atoms with Crippen LogP contribution in [0.25, 0.3) is 11.3 Å². The average Bonchev–Trinajstić information content (AvgIpc) is 2.80. The summed E-state index contributed by atoms with van der Waals surface area (Å²) >= 11 is 0. The van der Waals surface area contributed by atoms with Gasteiger partial charge in [-0.1, -0.05) is 13.8 Å². The number of alkyl halides is 3. The molecule has 0 spiro atoms. The van der Waals surface area contributed by atoms with Gasteiger partial charge in [0.05, 0.1) is 11.3 Å². The zero-order chi connectivity index (χ0) is 16.8. The summed E-state index contributed by atoms with van der Waals surface area (Å²) in [6, 6.07) is 1.58. The van der Waals surface area contributed by atoms with E-state index in [1.54, 1.807) is 0 Å². The number of hydrogen-bond donors (Lipinski definition) is 0. The number of halogens is 3. The van der Waals surface area contributed by atoms with Gasteiger partial charge in [-0.3, -0.25) is 4.98 Å². The van der Waals surface area contributed by atoms with Crippen LogP contribution < -0.4 is 0 Å². The van der Waals surface area contributed by atoms with Gasteiger partial charge in [0.1, 0.15) is 5.82 Å². The van der Waals surface area contributed by atoms with Gasteiger partial charge in [-0.25, -0.2) is 4.98 Å². The minimum absolute atomic E-state index is 0.0104. The molecule has 2 heterocycles. The first-order valence-electron chi connectivity index (χ1n) is 7.90. The fraction of sp³-hybridized carbons (Fsp3) is 0.529. The normalized spacial score (nSPS) is 16.0. The standard InChI is InChI=1S/C17H20F3N3/c1-10(2)16-22-15(9-23(16)13-5-4-6-13)12-7-14(17(18,19)20)11(3)21-8-12/h7-10,13H,4-6H2,1-3H3. The van der Waals surface area contributed by atoms with E-state index in [-0.39, 0.29) is 11.6 Å². The summed E-state index contributed by atoms with van der Waals surface area (Å²) in [6.45, 7) is 5.48. The molecule has 2 aromatic heterocycles. The molecule has 0 saturated heterocycles. The Morgan fingerprint density at radius 1 is 1.26 bits per heavy atom. The van der Waals surface area contributed by atoms with E-state index < -0.39 is 11.7 Å². The molecule has 1 fully saturated rings. The van der Waals surface area contributed by atoms with Crippen molar-refractivity contribution in [3.05, 3.63) is 35.5 Å². The highest BCUT2D eigenvalue weighted by Gasteiger charge is 2.33. The van der Waals surface area contributed by atoms with Crippen molar-refractivity contribution < 1.29 is 13.2 Å². The molecule has 6 heteroatoms. The average molecular weight is 323 g/mol. The zero-order valence-electron chi connectivity index (χ0n) is 13.5. The van der Waals surface area contributed by atoms with Crippen LogP contribution in [0.15, 0.2) is 18.5 Å². The Labute approximate surface area is 133 Å². The Balaban J connectivity index is 2.05. The Morgan fingerprint density at radius 3 is 2.48 bits per heavy atom. The smallest absolute Gasteiger partial charge is 0.331 e. The molecule has 0 bridgehead atoms. The van der Waals surface area contributed by atoms with Gasteiger partial charge in [0.15, 0.2) is 0 Å². The zero-order valence-corrected chi connectivity index (χ0v) is 13.5. The minimum atomic E-state index is -4.40. The fourth-order valence-electron chi connectivity index (χ4n) is 2.89. The van der Waals surface area contributed by atoms with E-state index in [1.165, 1.54) is 19.5 Å². The predicted octanol–water partition coefficient (Wildman–Crippen LogP) is 5.12. The van der Waals surface area contributed by atoms with Crippen molar-refractivity contribution in [2.45, 2.75) is 58.2 Å². The van der Waals surface area contributed by atoms with Crippen LogP contribution in [0.1, 0.15) is 62.2 Å². The lowest BCUT2D eigenvalue weighted by Crippen LogP contribution is -2.19. The van der Waals surface area contributed by atoms with E-state index in [1.807, 2.05) is 6.20 Å². The quantitative estimate of drug-likeness (QED) is 0.785. The SMILES string of the molecule is Cc1ncc(-c2cn(C3CCC3)c(C(C)C)n2)cc1C(F)(F)F. The summed E-state index contributed by atoms with van der Waals surface area (Å²) in [5.74, 6) is 1.16. The number of aromatic nitrogens is 3. The van der Waals surface area contributed by atoms with Crippen LogP contribution in [0.3, 0.4) is 0 Å². The van der Waals surface area contributed by atoms with Crippen molar-refractivity contribution in [2.75, 3.05) is 0 Å². The van der Waals surface area contributed by atoms with Gasteiger partial charge in [-0.2, -0.15) is 13.2 Å². The van der Waals surface area contributed by atoms with Crippen molar-refractivity contribution in [3.8, 4) is 11.3 Å².